The van der Waals surface area contributed by atoms with E-state index in [1.165, 1.54) is 4.68 Å². The van der Waals surface area contributed by atoms with E-state index in [0.29, 0.717) is 22.3 Å². The molecule has 0 unspecified atom stereocenters. The Morgan fingerprint density at radius 2 is 2.17 bits per heavy atom. The van der Waals surface area contributed by atoms with Crippen LogP contribution in [0.15, 0.2) is 42.6 Å². The van der Waals surface area contributed by atoms with Gasteiger partial charge in [0.05, 0.1) is 11.1 Å². The number of piperidine rings is 1. The van der Waals surface area contributed by atoms with Crippen molar-refractivity contribution < 1.29 is 14.7 Å². The van der Waals surface area contributed by atoms with Gasteiger partial charge in [0.2, 0.25) is 5.60 Å². The smallest absolute Gasteiger partial charge is 0.269 e. The Morgan fingerprint density at radius 3 is 2.90 bits per heavy atom. The average molecular weight is 387 g/mol. The molecule has 1 aliphatic carbocycles. The number of amides is 2. The normalized spacial score (nSPS) is 24.9. The lowest BCUT2D eigenvalue weighted by Crippen LogP contribution is -2.41. The number of pyridine rings is 1. The summed E-state index contributed by atoms with van der Waals surface area (Å²) in [6.45, 7) is 0. The molecule has 0 radical (unpaired) electrons. The van der Waals surface area contributed by atoms with Crippen LogP contribution < -0.4 is 5.73 Å². The number of nitrogens with two attached hydrogens (primary N) is 1. The molecule has 1 saturated carbocycles. The number of aromatic nitrogens is 3. The first-order chi connectivity index (χ1) is 13.9. The number of aliphatic hydroxyl groups is 1. The van der Waals surface area contributed by atoms with Gasteiger partial charge in [-0.2, -0.15) is 5.10 Å². The maximum absolute atomic E-state index is 12.3. The van der Waals surface area contributed by atoms with Gasteiger partial charge in [-0.1, -0.05) is 17.9 Å². The summed E-state index contributed by atoms with van der Waals surface area (Å²) in [5.74, 6) is 4.58. The van der Waals surface area contributed by atoms with Gasteiger partial charge in [-0.25, -0.2) is 9.67 Å². The van der Waals surface area contributed by atoms with E-state index >= 15 is 0 Å². The van der Waals surface area contributed by atoms with E-state index in [-0.39, 0.29) is 23.6 Å². The Bertz CT molecular complexity index is 1250. The second kappa shape index (κ2) is 5.90. The lowest BCUT2D eigenvalue weighted by molar-refractivity contribution is -0.140. The van der Waals surface area contributed by atoms with Crippen LogP contribution in [0.2, 0.25) is 0 Å². The van der Waals surface area contributed by atoms with Crippen LogP contribution in [0, 0.1) is 17.8 Å². The molecule has 5 rings (SSSR count). The van der Waals surface area contributed by atoms with Crippen LogP contribution in [0.25, 0.3) is 16.7 Å². The van der Waals surface area contributed by atoms with Crippen molar-refractivity contribution in [1.29, 1.82) is 0 Å². The van der Waals surface area contributed by atoms with Gasteiger partial charge in [-0.3, -0.25) is 9.59 Å². The fourth-order valence-corrected chi connectivity index (χ4v) is 3.98. The monoisotopic (exact) mass is 387 g/mol. The number of carbonyl (C=O) groups is 2. The van der Waals surface area contributed by atoms with Crippen molar-refractivity contribution >= 4 is 22.8 Å². The Balaban J connectivity index is 1.55. The summed E-state index contributed by atoms with van der Waals surface area (Å²) in [5.41, 5.74) is 5.70. The predicted molar refractivity (Wildman–Crippen MR) is 104 cm³/mol. The number of hydrogen-bond donors (Lipinski definition) is 2. The number of nitrogens with zero attached hydrogens (tertiary/aromatic N) is 4. The molecule has 1 saturated heterocycles. The second-order valence-corrected chi connectivity index (χ2v) is 7.39. The van der Waals surface area contributed by atoms with Gasteiger partial charge < -0.3 is 15.7 Å². The minimum atomic E-state index is -1.63. The van der Waals surface area contributed by atoms with Crippen molar-refractivity contribution in [3.63, 3.8) is 0 Å². The topological polar surface area (TPSA) is 114 Å². The summed E-state index contributed by atoms with van der Waals surface area (Å²) in [4.78, 5) is 29.9. The van der Waals surface area contributed by atoms with Crippen molar-refractivity contribution in [2.45, 2.75) is 18.1 Å². The summed E-state index contributed by atoms with van der Waals surface area (Å²) in [7, 11) is 1.69. The first-order valence-electron chi connectivity index (χ1n) is 9.17. The van der Waals surface area contributed by atoms with Crippen LogP contribution in [0.4, 0.5) is 0 Å². The average Bonchev–Trinajstić information content (AvgIpc) is 3.40. The van der Waals surface area contributed by atoms with Crippen LogP contribution in [-0.2, 0) is 4.79 Å². The minimum Gasteiger partial charge on any atom is -0.369 e. The molecule has 3 N–H and O–H groups in total. The summed E-state index contributed by atoms with van der Waals surface area (Å²) < 4.78 is 1.53. The number of likely N-dealkylation sites (N-methyl/N-ethyl adjacent to an activating group) is 1. The standard InChI is InChI=1S/C21H17N5O3/c1-25-16-11-15(16)21(29,20(25)28)8-7-12-4-2-5-13(10-12)26-19-14(6-3-9-23-19)17(24-26)18(22)27/h2-6,9-10,15-16,29H,11H2,1H3,(H2,22,27)/t15-,16-,21+/m0/s1. The Kier molecular flexibility index (Phi) is 3.54. The SMILES string of the molecule is CN1C(=O)[C@@](O)(C#Cc2cccc(-n3nc(C(N)=O)c4cccnc43)c2)[C@H]2C[C@@H]21. The molecular weight excluding hydrogens is 370 g/mol. The molecule has 144 valence electrons. The summed E-state index contributed by atoms with van der Waals surface area (Å²) >= 11 is 0. The molecule has 2 aromatic heterocycles. The highest BCUT2D eigenvalue weighted by atomic mass is 16.3. The fraction of sp³-hybridized carbons (Fsp3) is 0.238. The lowest BCUT2D eigenvalue weighted by Gasteiger charge is -2.18. The molecule has 0 spiro atoms. The first-order valence-corrected chi connectivity index (χ1v) is 9.17. The zero-order valence-corrected chi connectivity index (χ0v) is 15.5. The molecule has 1 aromatic carbocycles. The summed E-state index contributed by atoms with van der Waals surface area (Å²) in [6, 6.07) is 10.7. The van der Waals surface area contributed by atoms with Crippen LogP contribution in [-0.4, -0.2) is 55.3 Å². The summed E-state index contributed by atoms with van der Waals surface area (Å²) in [6.07, 6.45) is 2.38. The van der Waals surface area contributed by atoms with Gasteiger partial charge in [0.1, 0.15) is 0 Å². The molecule has 2 aliphatic rings. The number of hydrogen-bond acceptors (Lipinski definition) is 5. The molecular formula is C21H17N5O3. The quantitative estimate of drug-likeness (QED) is 0.620. The number of likely N-dealkylation sites (tertiary alicyclic amines) is 1. The summed E-state index contributed by atoms with van der Waals surface area (Å²) in [5, 5.41) is 15.6. The highest BCUT2D eigenvalue weighted by Gasteiger charge is 2.66. The van der Waals surface area contributed by atoms with Gasteiger partial charge in [-0.05, 0) is 36.8 Å². The lowest BCUT2D eigenvalue weighted by atomic mass is 9.99. The number of primary amides is 1. The first kappa shape index (κ1) is 17.4. The van der Waals surface area contributed by atoms with Crippen LogP contribution >= 0.6 is 0 Å². The van der Waals surface area contributed by atoms with Gasteiger partial charge in [-0.15, -0.1) is 0 Å². The van der Waals surface area contributed by atoms with Crippen LogP contribution in [0.5, 0.6) is 0 Å². The van der Waals surface area contributed by atoms with Crippen molar-refractivity contribution in [3.05, 3.63) is 53.9 Å². The van der Waals surface area contributed by atoms with Gasteiger partial charge >= 0.3 is 0 Å². The van der Waals surface area contributed by atoms with Crippen molar-refractivity contribution in [2.24, 2.45) is 11.7 Å². The second-order valence-electron chi connectivity index (χ2n) is 7.39. The molecule has 2 fully saturated rings. The molecule has 8 nitrogen and oxygen atoms in total. The Hall–Kier alpha value is -3.70. The molecule has 0 bridgehead atoms. The third-order valence-electron chi connectivity index (χ3n) is 5.60. The van der Waals surface area contributed by atoms with E-state index in [9.17, 15) is 14.7 Å². The number of carbonyl (C=O) groups excluding carboxylic acids is 2. The van der Waals surface area contributed by atoms with Gasteiger partial charge in [0.15, 0.2) is 11.3 Å². The van der Waals surface area contributed by atoms with Crippen molar-refractivity contribution in [3.8, 4) is 17.5 Å². The third-order valence-corrected chi connectivity index (χ3v) is 5.60. The van der Waals surface area contributed by atoms with Crippen molar-refractivity contribution in [1.82, 2.24) is 19.7 Å². The van der Waals surface area contributed by atoms with Crippen LogP contribution in [0.1, 0.15) is 22.5 Å². The number of fused-ring (bicyclic) bond motifs is 2. The molecule has 3 aromatic rings. The third kappa shape index (κ3) is 2.52. The maximum Gasteiger partial charge on any atom is 0.269 e. The molecule has 3 atom stereocenters. The molecule has 8 heteroatoms. The van der Waals surface area contributed by atoms with E-state index in [1.807, 2.05) is 0 Å². The van der Waals surface area contributed by atoms with Crippen molar-refractivity contribution in [2.75, 3.05) is 7.05 Å². The highest BCUT2D eigenvalue weighted by molar-refractivity contribution is 6.03. The number of benzene rings is 1. The minimum absolute atomic E-state index is 0.0851. The molecule has 29 heavy (non-hydrogen) atoms. The van der Waals surface area contributed by atoms with Gasteiger partial charge in [0.25, 0.3) is 11.8 Å². The largest absolute Gasteiger partial charge is 0.369 e. The highest BCUT2D eigenvalue weighted by Crippen LogP contribution is 2.50. The Labute approximate surface area is 165 Å². The van der Waals surface area contributed by atoms with E-state index in [0.717, 1.165) is 6.42 Å². The predicted octanol–water partition coefficient (Wildman–Crippen LogP) is 0.462. The zero-order valence-electron chi connectivity index (χ0n) is 15.5. The van der Waals surface area contributed by atoms with Gasteiger partial charge in [0, 0.05) is 30.8 Å². The zero-order chi connectivity index (χ0) is 20.3. The molecule has 2 amide bonds. The van der Waals surface area contributed by atoms with Crippen LogP contribution in [0.3, 0.4) is 0 Å². The fourth-order valence-electron chi connectivity index (χ4n) is 3.98. The van der Waals surface area contributed by atoms with E-state index in [1.54, 1.807) is 54.5 Å². The van der Waals surface area contributed by atoms with E-state index in [2.05, 4.69) is 21.9 Å². The maximum atomic E-state index is 12.3. The van der Waals surface area contributed by atoms with E-state index in [4.69, 9.17) is 5.73 Å². The number of rotatable bonds is 2. The Morgan fingerprint density at radius 1 is 1.34 bits per heavy atom. The molecule has 1 aliphatic heterocycles. The molecule has 3 heterocycles. The van der Waals surface area contributed by atoms with E-state index < -0.39 is 11.5 Å².